The van der Waals surface area contributed by atoms with Crippen LogP contribution in [0.1, 0.15) is 47.5 Å². The Hall–Kier alpha value is -1.49. The molecule has 0 unspecified atom stereocenters. The number of carbonyl (C=O) groups is 1. The van der Waals surface area contributed by atoms with Crippen LogP contribution >= 0.6 is 11.3 Å². The topological polar surface area (TPSA) is 63.1 Å². The molecule has 5 heteroatoms. The summed E-state index contributed by atoms with van der Waals surface area (Å²) in [6, 6.07) is 0. The molecule has 2 heterocycles. The fraction of sp³-hybridized carbons (Fsp3) is 0.462. The van der Waals surface area contributed by atoms with Gasteiger partial charge < -0.3 is 5.11 Å². The SMILES string of the molecule is Cc1sc2nc(C(C)(C)C)nc(C(=O)O)c2c1C. The van der Waals surface area contributed by atoms with Gasteiger partial charge in [0.05, 0.1) is 0 Å². The predicted octanol–water partition coefficient (Wildman–Crippen LogP) is 3.30. The molecule has 0 aromatic carbocycles. The highest BCUT2D eigenvalue weighted by Gasteiger charge is 2.24. The summed E-state index contributed by atoms with van der Waals surface area (Å²) in [5.74, 6) is -0.414. The Balaban J connectivity index is 2.88. The maximum Gasteiger partial charge on any atom is 0.355 e. The first-order valence-corrected chi connectivity index (χ1v) is 6.55. The van der Waals surface area contributed by atoms with E-state index in [4.69, 9.17) is 0 Å². The largest absolute Gasteiger partial charge is 0.476 e. The molecule has 0 aliphatic carbocycles. The van der Waals surface area contributed by atoms with Crippen LogP contribution < -0.4 is 0 Å². The van der Waals surface area contributed by atoms with Gasteiger partial charge in [-0.25, -0.2) is 14.8 Å². The number of aryl methyl sites for hydroxylation is 2. The molecule has 0 bridgehead atoms. The van der Waals surface area contributed by atoms with Crippen molar-refractivity contribution in [2.75, 3.05) is 0 Å². The van der Waals surface area contributed by atoms with Crippen molar-refractivity contribution < 1.29 is 9.90 Å². The second-order valence-electron chi connectivity index (χ2n) is 5.41. The van der Waals surface area contributed by atoms with Gasteiger partial charge >= 0.3 is 5.97 Å². The van der Waals surface area contributed by atoms with Crippen LogP contribution in [0.2, 0.25) is 0 Å². The van der Waals surface area contributed by atoms with Crippen molar-refractivity contribution in [2.24, 2.45) is 0 Å². The Kier molecular flexibility index (Phi) is 2.89. The van der Waals surface area contributed by atoms with E-state index in [1.54, 1.807) is 0 Å². The Morgan fingerprint density at radius 2 is 1.83 bits per heavy atom. The molecule has 0 fully saturated rings. The van der Waals surface area contributed by atoms with E-state index < -0.39 is 5.97 Å². The first kappa shape index (κ1) is 13.0. The number of carboxylic acids is 1. The molecule has 4 nitrogen and oxygen atoms in total. The van der Waals surface area contributed by atoms with Crippen molar-refractivity contribution >= 4 is 27.5 Å². The number of aromatic carboxylic acids is 1. The number of hydrogen-bond donors (Lipinski definition) is 1. The summed E-state index contributed by atoms with van der Waals surface area (Å²) in [5.41, 5.74) is 0.823. The normalized spacial score (nSPS) is 12.1. The molecule has 0 radical (unpaired) electrons. The van der Waals surface area contributed by atoms with Crippen LogP contribution in [0.4, 0.5) is 0 Å². The Labute approximate surface area is 110 Å². The average molecular weight is 264 g/mol. The fourth-order valence-electron chi connectivity index (χ4n) is 1.74. The first-order chi connectivity index (χ1) is 8.21. The van der Waals surface area contributed by atoms with Gasteiger partial charge in [-0.15, -0.1) is 11.3 Å². The molecule has 0 amide bonds. The van der Waals surface area contributed by atoms with Gasteiger partial charge in [0.1, 0.15) is 10.7 Å². The summed E-state index contributed by atoms with van der Waals surface area (Å²) < 4.78 is 0. The summed E-state index contributed by atoms with van der Waals surface area (Å²) in [4.78, 5) is 22.0. The minimum atomic E-state index is -0.992. The van der Waals surface area contributed by atoms with Gasteiger partial charge in [0.25, 0.3) is 0 Å². The van der Waals surface area contributed by atoms with Crippen LogP contribution in [0.15, 0.2) is 0 Å². The van der Waals surface area contributed by atoms with E-state index in [0.29, 0.717) is 11.2 Å². The van der Waals surface area contributed by atoms with Crippen LogP contribution in [0, 0.1) is 13.8 Å². The highest BCUT2D eigenvalue weighted by molar-refractivity contribution is 7.18. The van der Waals surface area contributed by atoms with E-state index in [1.165, 1.54) is 11.3 Å². The van der Waals surface area contributed by atoms with E-state index in [9.17, 15) is 9.90 Å². The second-order valence-corrected chi connectivity index (χ2v) is 6.62. The summed E-state index contributed by atoms with van der Waals surface area (Å²) in [7, 11) is 0. The molecule has 96 valence electrons. The third kappa shape index (κ3) is 1.99. The van der Waals surface area contributed by atoms with Gasteiger partial charge in [-0.05, 0) is 19.4 Å². The summed E-state index contributed by atoms with van der Waals surface area (Å²) in [5, 5.41) is 10.00. The zero-order valence-corrected chi connectivity index (χ0v) is 12.0. The number of hydrogen-bond acceptors (Lipinski definition) is 4. The van der Waals surface area contributed by atoms with Crippen molar-refractivity contribution in [2.45, 2.75) is 40.0 Å². The molecule has 1 N–H and O–H groups in total. The van der Waals surface area contributed by atoms with Crippen LogP contribution in [0.3, 0.4) is 0 Å². The van der Waals surface area contributed by atoms with E-state index in [-0.39, 0.29) is 11.1 Å². The Morgan fingerprint density at radius 1 is 1.22 bits per heavy atom. The molecule has 18 heavy (non-hydrogen) atoms. The predicted molar refractivity (Wildman–Crippen MR) is 72.5 cm³/mol. The van der Waals surface area contributed by atoms with E-state index in [1.807, 2.05) is 34.6 Å². The third-order valence-corrected chi connectivity index (χ3v) is 4.00. The van der Waals surface area contributed by atoms with E-state index >= 15 is 0 Å². The van der Waals surface area contributed by atoms with Crippen molar-refractivity contribution in [3.8, 4) is 0 Å². The molecule has 2 aromatic heterocycles. The minimum absolute atomic E-state index is 0.117. The van der Waals surface area contributed by atoms with Crippen molar-refractivity contribution in [1.82, 2.24) is 9.97 Å². The van der Waals surface area contributed by atoms with Crippen LogP contribution in [0.25, 0.3) is 10.2 Å². The maximum atomic E-state index is 11.4. The number of fused-ring (bicyclic) bond motifs is 1. The van der Waals surface area contributed by atoms with Crippen molar-refractivity contribution in [3.05, 3.63) is 22.0 Å². The molecule has 0 spiro atoms. The summed E-state index contributed by atoms with van der Waals surface area (Å²) in [6.07, 6.45) is 0. The number of rotatable bonds is 1. The van der Waals surface area contributed by atoms with Crippen molar-refractivity contribution in [3.63, 3.8) is 0 Å². The van der Waals surface area contributed by atoms with Crippen LogP contribution in [-0.2, 0) is 5.41 Å². The number of nitrogens with zero attached hydrogens (tertiary/aromatic N) is 2. The highest BCUT2D eigenvalue weighted by atomic mass is 32.1. The third-order valence-electron chi connectivity index (χ3n) is 2.90. The second kappa shape index (κ2) is 4.02. The zero-order valence-electron chi connectivity index (χ0n) is 11.2. The smallest absolute Gasteiger partial charge is 0.355 e. The molecule has 2 aromatic rings. The zero-order chi connectivity index (χ0) is 13.7. The summed E-state index contributed by atoms with van der Waals surface area (Å²) >= 11 is 1.53. The van der Waals surface area contributed by atoms with Gasteiger partial charge in [0, 0.05) is 15.7 Å². The van der Waals surface area contributed by atoms with Gasteiger partial charge in [-0.1, -0.05) is 20.8 Å². The van der Waals surface area contributed by atoms with E-state index in [0.717, 1.165) is 15.3 Å². The van der Waals surface area contributed by atoms with Gasteiger partial charge in [0.15, 0.2) is 5.69 Å². The lowest BCUT2D eigenvalue weighted by Gasteiger charge is -2.16. The summed E-state index contributed by atoms with van der Waals surface area (Å²) in [6.45, 7) is 9.83. The molecule has 0 saturated carbocycles. The quantitative estimate of drug-likeness (QED) is 0.858. The molecule has 0 aliphatic rings. The lowest BCUT2D eigenvalue weighted by Crippen LogP contribution is -2.18. The Morgan fingerprint density at radius 3 is 2.33 bits per heavy atom. The van der Waals surface area contributed by atoms with Crippen molar-refractivity contribution in [1.29, 1.82) is 0 Å². The highest BCUT2D eigenvalue weighted by Crippen LogP contribution is 2.32. The van der Waals surface area contributed by atoms with Crippen LogP contribution in [-0.4, -0.2) is 21.0 Å². The fourth-order valence-corrected chi connectivity index (χ4v) is 2.77. The van der Waals surface area contributed by atoms with E-state index in [2.05, 4.69) is 9.97 Å². The monoisotopic (exact) mass is 264 g/mol. The first-order valence-electron chi connectivity index (χ1n) is 5.73. The van der Waals surface area contributed by atoms with Crippen LogP contribution in [0.5, 0.6) is 0 Å². The van der Waals surface area contributed by atoms with Gasteiger partial charge in [0.2, 0.25) is 0 Å². The lowest BCUT2D eigenvalue weighted by molar-refractivity contribution is 0.0692. The number of carboxylic acid groups (broad SMARTS) is 1. The molecular weight excluding hydrogens is 248 g/mol. The standard InChI is InChI=1S/C13H16N2O2S/c1-6-7(2)18-10-8(6)9(11(16)17)14-12(15-10)13(3,4)5/h1-5H3,(H,16,17). The van der Waals surface area contributed by atoms with Gasteiger partial charge in [-0.3, -0.25) is 0 Å². The Bertz CT molecular complexity index is 638. The number of thiophene rings is 1. The molecular formula is C13H16N2O2S. The molecule has 0 atom stereocenters. The molecule has 2 rings (SSSR count). The van der Waals surface area contributed by atoms with Gasteiger partial charge in [-0.2, -0.15) is 0 Å². The number of aromatic nitrogens is 2. The molecule has 0 aliphatic heterocycles. The average Bonchev–Trinajstić information content (AvgIpc) is 2.52. The maximum absolute atomic E-state index is 11.4. The minimum Gasteiger partial charge on any atom is -0.476 e. The molecule has 0 saturated heterocycles. The lowest BCUT2D eigenvalue weighted by atomic mass is 9.95.